The molecular weight excluding hydrogens is 225 g/mol. The third kappa shape index (κ3) is 2.66. The average Bonchev–Trinajstić information content (AvgIpc) is 2.15. The fourth-order valence-electron chi connectivity index (χ4n) is 2.19. The Balaban J connectivity index is 2.80. The summed E-state index contributed by atoms with van der Waals surface area (Å²) < 4.78 is 37.5. The highest BCUT2D eigenvalue weighted by atomic mass is 19.4. The summed E-state index contributed by atoms with van der Waals surface area (Å²) in [6.45, 7) is 1.25. The smallest absolute Gasteiger partial charge is 0.391 e. The summed E-state index contributed by atoms with van der Waals surface area (Å²) in [6, 6.07) is 0. The zero-order valence-corrected chi connectivity index (χ0v) is 8.92. The molecular formula is C10H15F3O3. The van der Waals surface area contributed by atoms with Gasteiger partial charge in [0.1, 0.15) is 0 Å². The Morgan fingerprint density at radius 1 is 1.50 bits per heavy atom. The lowest BCUT2D eigenvalue weighted by Gasteiger charge is -2.39. The molecule has 0 aliphatic heterocycles. The van der Waals surface area contributed by atoms with Crippen LogP contribution in [0.4, 0.5) is 13.2 Å². The molecule has 1 rings (SSSR count). The average molecular weight is 240 g/mol. The lowest BCUT2D eigenvalue weighted by Crippen LogP contribution is -2.47. The van der Waals surface area contributed by atoms with Crippen LogP contribution in [0, 0.1) is 11.8 Å². The van der Waals surface area contributed by atoms with E-state index in [4.69, 9.17) is 5.11 Å². The highest BCUT2D eigenvalue weighted by Crippen LogP contribution is 2.44. The molecule has 0 aromatic rings. The number of rotatable bonds is 2. The molecule has 2 N–H and O–H groups in total. The van der Waals surface area contributed by atoms with Crippen LogP contribution in [0.2, 0.25) is 0 Å². The second-order valence-electron chi connectivity index (χ2n) is 4.50. The monoisotopic (exact) mass is 240 g/mol. The molecule has 0 radical (unpaired) electrons. The van der Waals surface area contributed by atoms with Crippen molar-refractivity contribution in [2.24, 2.45) is 11.8 Å². The Hall–Kier alpha value is -0.780. The third-order valence-electron chi connectivity index (χ3n) is 3.40. The summed E-state index contributed by atoms with van der Waals surface area (Å²) in [5.41, 5.74) is -1.73. The molecule has 3 atom stereocenters. The molecule has 0 aromatic heterocycles. The van der Waals surface area contributed by atoms with Crippen LogP contribution < -0.4 is 0 Å². The highest BCUT2D eigenvalue weighted by molar-refractivity contribution is 5.71. The first-order chi connectivity index (χ1) is 7.17. The number of halogens is 3. The van der Waals surface area contributed by atoms with Crippen LogP contribution in [-0.4, -0.2) is 28.0 Å². The Labute approximate surface area is 91.3 Å². The van der Waals surface area contributed by atoms with Crippen LogP contribution in [0.15, 0.2) is 0 Å². The predicted octanol–water partition coefficient (Wildman–Crippen LogP) is 2.19. The summed E-state index contributed by atoms with van der Waals surface area (Å²) in [4.78, 5) is 10.7. The second kappa shape index (κ2) is 4.24. The van der Waals surface area contributed by atoms with Crippen molar-refractivity contribution in [1.29, 1.82) is 0 Å². The van der Waals surface area contributed by atoms with Gasteiger partial charge in [-0.15, -0.1) is 0 Å². The largest absolute Gasteiger partial charge is 0.481 e. The Bertz CT molecular complexity index is 277. The SMILES string of the molecule is CC(C(=O)O)C1(O)CCCC(C(F)(F)F)C1. The predicted molar refractivity (Wildman–Crippen MR) is 49.8 cm³/mol. The number of hydrogen-bond donors (Lipinski definition) is 2. The lowest BCUT2D eigenvalue weighted by molar-refractivity contribution is -0.208. The number of alkyl halides is 3. The molecule has 3 nitrogen and oxygen atoms in total. The van der Waals surface area contributed by atoms with Crippen molar-refractivity contribution in [2.75, 3.05) is 0 Å². The second-order valence-corrected chi connectivity index (χ2v) is 4.50. The first kappa shape index (κ1) is 13.3. The first-order valence-corrected chi connectivity index (χ1v) is 5.19. The molecule has 0 amide bonds. The van der Waals surface area contributed by atoms with Crippen molar-refractivity contribution in [3.8, 4) is 0 Å². The minimum atomic E-state index is -4.35. The van der Waals surface area contributed by atoms with Gasteiger partial charge in [-0.2, -0.15) is 13.2 Å². The van der Waals surface area contributed by atoms with E-state index in [9.17, 15) is 23.1 Å². The topological polar surface area (TPSA) is 57.5 Å². The summed E-state index contributed by atoms with van der Waals surface area (Å²) in [5, 5.41) is 18.7. The fraction of sp³-hybridized carbons (Fsp3) is 0.900. The van der Waals surface area contributed by atoms with Gasteiger partial charge in [0.05, 0.1) is 17.4 Å². The standard InChI is InChI=1S/C10H15F3O3/c1-6(8(14)15)9(16)4-2-3-7(5-9)10(11,12)13/h6-7,16H,2-5H2,1H3,(H,14,15). The van der Waals surface area contributed by atoms with Gasteiger partial charge in [0.25, 0.3) is 0 Å². The van der Waals surface area contributed by atoms with Gasteiger partial charge in [0.2, 0.25) is 0 Å². The van der Waals surface area contributed by atoms with Gasteiger partial charge < -0.3 is 10.2 Å². The van der Waals surface area contributed by atoms with E-state index in [0.29, 0.717) is 0 Å². The summed E-state index contributed by atoms with van der Waals surface area (Å²) in [5.74, 6) is -4.02. The molecule has 3 unspecified atom stereocenters. The molecule has 16 heavy (non-hydrogen) atoms. The molecule has 1 aliphatic rings. The van der Waals surface area contributed by atoms with Gasteiger partial charge in [0, 0.05) is 0 Å². The van der Waals surface area contributed by atoms with Crippen LogP contribution in [-0.2, 0) is 4.79 Å². The Kier molecular flexibility index (Phi) is 3.52. The molecule has 1 saturated carbocycles. The van der Waals surface area contributed by atoms with Crippen molar-refractivity contribution in [3.05, 3.63) is 0 Å². The van der Waals surface area contributed by atoms with Gasteiger partial charge in [-0.25, -0.2) is 0 Å². The van der Waals surface area contributed by atoms with Crippen molar-refractivity contribution < 1.29 is 28.2 Å². The number of aliphatic carboxylic acids is 1. The molecule has 94 valence electrons. The van der Waals surface area contributed by atoms with Gasteiger partial charge in [-0.3, -0.25) is 4.79 Å². The van der Waals surface area contributed by atoms with Crippen LogP contribution in [0.5, 0.6) is 0 Å². The van der Waals surface area contributed by atoms with E-state index in [-0.39, 0.29) is 19.3 Å². The van der Waals surface area contributed by atoms with E-state index in [1.807, 2.05) is 0 Å². The van der Waals surface area contributed by atoms with Crippen molar-refractivity contribution in [1.82, 2.24) is 0 Å². The highest BCUT2D eigenvalue weighted by Gasteiger charge is 2.50. The maximum Gasteiger partial charge on any atom is 0.391 e. The van der Waals surface area contributed by atoms with Crippen LogP contribution in [0.3, 0.4) is 0 Å². The van der Waals surface area contributed by atoms with Gasteiger partial charge in [-0.1, -0.05) is 0 Å². The molecule has 1 aliphatic carbocycles. The quantitative estimate of drug-likeness (QED) is 0.777. The third-order valence-corrected chi connectivity index (χ3v) is 3.40. The normalized spacial score (nSPS) is 33.4. The zero-order valence-electron chi connectivity index (χ0n) is 8.92. The van der Waals surface area contributed by atoms with Crippen LogP contribution >= 0.6 is 0 Å². The molecule has 6 heteroatoms. The van der Waals surface area contributed by atoms with E-state index in [2.05, 4.69) is 0 Å². The first-order valence-electron chi connectivity index (χ1n) is 5.19. The molecule has 0 spiro atoms. The van der Waals surface area contributed by atoms with E-state index in [1.54, 1.807) is 0 Å². The van der Waals surface area contributed by atoms with Crippen LogP contribution in [0.1, 0.15) is 32.6 Å². The summed E-state index contributed by atoms with van der Waals surface area (Å²) in [6.07, 6.45) is -4.57. The summed E-state index contributed by atoms with van der Waals surface area (Å²) in [7, 11) is 0. The Morgan fingerprint density at radius 3 is 2.50 bits per heavy atom. The lowest BCUT2D eigenvalue weighted by atomic mass is 9.71. The molecule has 0 saturated heterocycles. The number of carboxylic acids is 1. The molecule has 0 heterocycles. The van der Waals surface area contributed by atoms with Gasteiger partial charge in [-0.05, 0) is 32.6 Å². The fourth-order valence-corrected chi connectivity index (χ4v) is 2.19. The maximum absolute atomic E-state index is 12.5. The zero-order chi connectivity index (χ0) is 12.6. The van der Waals surface area contributed by atoms with E-state index in [1.165, 1.54) is 6.92 Å². The summed E-state index contributed by atoms with van der Waals surface area (Å²) >= 11 is 0. The molecule has 1 fully saturated rings. The number of carboxylic acid groups (broad SMARTS) is 1. The van der Waals surface area contributed by atoms with Crippen molar-refractivity contribution in [2.45, 2.75) is 44.4 Å². The van der Waals surface area contributed by atoms with Gasteiger partial charge >= 0.3 is 12.1 Å². The number of aliphatic hydroxyl groups is 1. The van der Waals surface area contributed by atoms with Crippen molar-refractivity contribution >= 4 is 5.97 Å². The minimum Gasteiger partial charge on any atom is -0.481 e. The van der Waals surface area contributed by atoms with E-state index >= 15 is 0 Å². The number of carbonyl (C=O) groups is 1. The maximum atomic E-state index is 12.5. The van der Waals surface area contributed by atoms with Gasteiger partial charge in [0.15, 0.2) is 0 Å². The van der Waals surface area contributed by atoms with Crippen LogP contribution in [0.25, 0.3) is 0 Å². The number of hydrogen-bond acceptors (Lipinski definition) is 2. The van der Waals surface area contributed by atoms with E-state index in [0.717, 1.165) is 0 Å². The van der Waals surface area contributed by atoms with E-state index < -0.39 is 36.0 Å². The molecule has 0 aromatic carbocycles. The van der Waals surface area contributed by atoms with Crippen molar-refractivity contribution in [3.63, 3.8) is 0 Å². The molecule has 0 bridgehead atoms. The Morgan fingerprint density at radius 2 is 2.06 bits per heavy atom. The minimum absolute atomic E-state index is 0.0296.